The summed E-state index contributed by atoms with van der Waals surface area (Å²) in [4.78, 5) is 31.2. The van der Waals surface area contributed by atoms with Gasteiger partial charge in [0.1, 0.15) is 5.75 Å². The number of allylic oxidation sites excluding steroid dienone is 1. The molecule has 0 aliphatic carbocycles. The molecule has 32 heavy (non-hydrogen) atoms. The molecule has 0 radical (unpaired) electrons. The van der Waals surface area contributed by atoms with Crippen LogP contribution in [0.3, 0.4) is 0 Å². The Morgan fingerprint density at radius 2 is 1.88 bits per heavy atom. The Morgan fingerprint density at radius 1 is 1.16 bits per heavy atom. The van der Waals surface area contributed by atoms with Crippen LogP contribution in [-0.4, -0.2) is 24.8 Å². The van der Waals surface area contributed by atoms with Crippen LogP contribution >= 0.6 is 34.5 Å². The molecule has 0 spiro atoms. The SMILES string of the molecule is COC(=O)C1=C(C)N=c2s/c(=C/c3ccc(Cl)cc3Cl)c(=O)n2[C@H]1c1ccc(OC)cc1. The number of fused-ring (bicyclic) bond motifs is 1. The van der Waals surface area contributed by atoms with E-state index in [-0.39, 0.29) is 5.56 Å². The van der Waals surface area contributed by atoms with Crippen molar-refractivity contribution in [2.45, 2.75) is 13.0 Å². The Kier molecular flexibility index (Phi) is 6.24. The van der Waals surface area contributed by atoms with Crippen LogP contribution in [0.2, 0.25) is 10.0 Å². The van der Waals surface area contributed by atoms with E-state index in [9.17, 15) is 9.59 Å². The number of thiazole rings is 1. The highest BCUT2D eigenvalue weighted by atomic mass is 35.5. The number of halogens is 2. The lowest BCUT2D eigenvalue weighted by molar-refractivity contribution is -0.136. The molecular weight excluding hydrogens is 471 g/mol. The molecule has 4 rings (SSSR count). The molecule has 3 aromatic rings. The second kappa shape index (κ2) is 8.94. The van der Waals surface area contributed by atoms with Crippen molar-refractivity contribution in [2.24, 2.45) is 4.99 Å². The van der Waals surface area contributed by atoms with Gasteiger partial charge >= 0.3 is 5.97 Å². The molecule has 0 N–H and O–H groups in total. The van der Waals surface area contributed by atoms with Crippen LogP contribution in [0.4, 0.5) is 0 Å². The second-order valence-electron chi connectivity index (χ2n) is 7.01. The fourth-order valence-corrected chi connectivity index (χ4v) is 5.05. The molecule has 0 bridgehead atoms. The molecule has 1 atom stereocenters. The zero-order chi connectivity index (χ0) is 23.0. The van der Waals surface area contributed by atoms with E-state index in [0.29, 0.717) is 42.0 Å². The third-order valence-electron chi connectivity index (χ3n) is 5.11. The summed E-state index contributed by atoms with van der Waals surface area (Å²) in [5, 5.41) is 0.938. The first-order valence-corrected chi connectivity index (χ1v) is 11.1. The Morgan fingerprint density at radius 3 is 2.50 bits per heavy atom. The average molecular weight is 489 g/mol. The van der Waals surface area contributed by atoms with Crippen molar-refractivity contribution in [3.05, 3.63) is 94.6 Å². The van der Waals surface area contributed by atoms with Crippen LogP contribution < -0.4 is 19.6 Å². The van der Waals surface area contributed by atoms with Gasteiger partial charge < -0.3 is 9.47 Å². The van der Waals surface area contributed by atoms with Gasteiger partial charge in [-0.1, -0.05) is 52.7 Å². The van der Waals surface area contributed by atoms with Crippen molar-refractivity contribution >= 4 is 46.6 Å². The van der Waals surface area contributed by atoms with Crippen LogP contribution in [-0.2, 0) is 9.53 Å². The first-order chi connectivity index (χ1) is 15.3. The maximum absolute atomic E-state index is 13.5. The summed E-state index contributed by atoms with van der Waals surface area (Å²) in [5.74, 6) is 0.126. The van der Waals surface area contributed by atoms with E-state index >= 15 is 0 Å². The summed E-state index contributed by atoms with van der Waals surface area (Å²) in [6.07, 6.45) is 1.70. The number of hydrogen-bond acceptors (Lipinski definition) is 6. The first-order valence-electron chi connectivity index (χ1n) is 9.54. The van der Waals surface area contributed by atoms with Gasteiger partial charge in [-0.25, -0.2) is 9.79 Å². The van der Waals surface area contributed by atoms with Crippen LogP contribution in [0.5, 0.6) is 5.75 Å². The first kappa shape index (κ1) is 22.3. The molecule has 0 unspecified atom stereocenters. The molecule has 1 aliphatic rings. The van der Waals surface area contributed by atoms with Crippen molar-refractivity contribution in [2.75, 3.05) is 14.2 Å². The van der Waals surface area contributed by atoms with Gasteiger partial charge in [0.25, 0.3) is 5.56 Å². The predicted molar refractivity (Wildman–Crippen MR) is 125 cm³/mol. The lowest BCUT2D eigenvalue weighted by atomic mass is 9.96. The van der Waals surface area contributed by atoms with Crippen molar-refractivity contribution in [1.29, 1.82) is 0 Å². The highest BCUT2D eigenvalue weighted by Gasteiger charge is 2.33. The summed E-state index contributed by atoms with van der Waals surface area (Å²) in [7, 11) is 2.88. The Bertz CT molecular complexity index is 1420. The number of aromatic nitrogens is 1. The summed E-state index contributed by atoms with van der Waals surface area (Å²) in [6.45, 7) is 1.73. The Labute approximate surface area is 197 Å². The number of hydrogen-bond donors (Lipinski definition) is 0. The zero-order valence-electron chi connectivity index (χ0n) is 17.4. The van der Waals surface area contributed by atoms with E-state index in [2.05, 4.69) is 4.99 Å². The van der Waals surface area contributed by atoms with E-state index in [1.165, 1.54) is 23.0 Å². The lowest BCUT2D eigenvalue weighted by Crippen LogP contribution is -2.39. The minimum Gasteiger partial charge on any atom is -0.497 e. The van der Waals surface area contributed by atoms with Crippen molar-refractivity contribution in [3.8, 4) is 5.75 Å². The lowest BCUT2D eigenvalue weighted by Gasteiger charge is -2.24. The van der Waals surface area contributed by atoms with E-state index in [1.807, 2.05) is 12.1 Å². The third-order valence-corrected chi connectivity index (χ3v) is 6.65. The number of rotatable bonds is 4. The number of methoxy groups -OCH3 is 2. The minimum atomic E-state index is -0.688. The summed E-state index contributed by atoms with van der Waals surface area (Å²) in [5.41, 5.74) is 1.91. The number of benzene rings is 2. The van der Waals surface area contributed by atoms with Gasteiger partial charge in [-0.3, -0.25) is 9.36 Å². The number of esters is 1. The Balaban J connectivity index is 1.96. The number of carbonyl (C=O) groups is 1. The number of ether oxygens (including phenoxy) is 2. The van der Waals surface area contributed by atoms with Crippen molar-refractivity contribution in [3.63, 3.8) is 0 Å². The molecule has 6 nitrogen and oxygen atoms in total. The van der Waals surface area contributed by atoms with E-state index in [4.69, 9.17) is 32.7 Å². The molecule has 9 heteroatoms. The molecule has 0 fully saturated rings. The third kappa shape index (κ3) is 3.99. The van der Waals surface area contributed by atoms with Gasteiger partial charge in [-0.05, 0) is 48.4 Å². The second-order valence-corrected chi connectivity index (χ2v) is 8.87. The van der Waals surface area contributed by atoms with Gasteiger partial charge in [0.2, 0.25) is 0 Å². The average Bonchev–Trinajstić information content (AvgIpc) is 3.09. The topological polar surface area (TPSA) is 69.9 Å². The summed E-state index contributed by atoms with van der Waals surface area (Å²) in [6, 6.07) is 11.6. The maximum atomic E-state index is 13.5. The van der Waals surface area contributed by atoms with Crippen LogP contribution in [0.15, 0.2) is 63.5 Å². The fraction of sp³-hybridized carbons (Fsp3) is 0.174. The Hall–Kier alpha value is -2.87. The standard InChI is InChI=1S/C23H18Cl2N2O4S/c1-12-19(22(29)31-3)20(13-5-8-16(30-2)9-6-13)27-21(28)18(32-23(27)26-12)10-14-4-7-15(24)11-17(14)25/h4-11,20H,1-3H3/b18-10+/t20-/m0/s1. The molecular formula is C23H18Cl2N2O4S. The summed E-state index contributed by atoms with van der Waals surface area (Å²) >= 11 is 13.5. The molecule has 0 saturated carbocycles. The van der Waals surface area contributed by atoms with Crippen LogP contribution in [0.1, 0.15) is 24.1 Å². The fourth-order valence-electron chi connectivity index (χ4n) is 3.55. The van der Waals surface area contributed by atoms with E-state index in [0.717, 1.165) is 5.56 Å². The summed E-state index contributed by atoms with van der Waals surface area (Å²) < 4.78 is 12.2. The van der Waals surface area contributed by atoms with Gasteiger partial charge in [0, 0.05) is 10.0 Å². The number of nitrogens with zero attached hydrogens (tertiary/aromatic N) is 2. The van der Waals surface area contributed by atoms with Gasteiger partial charge in [-0.15, -0.1) is 0 Å². The normalized spacial score (nSPS) is 15.9. The smallest absolute Gasteiger partial charge is 0.338 e. The monoisotopic (exact) mass is 488 g/mol. The largest absolute Gasteiger partial charge is 0.497 e. The van der Waals surface area contributed by atoms with Gasteiger partial charge in [0.15, 0.2) is 4.80 Å². The molecule has 2 heterocycles. The van der Waals surface area contributed by atoms with Crippen LogP contribution in [0, 0.1) is 0 Å². The van der Waals surface area contributed by atoms with Crippen LogP contribution in [0.25, 0.3) is 6.08 Å². The predicted octanol–water partition coefficient (Wildman–Crippen LogP) is 3.72. The highest BCUT2D eigenvalue weighted by molar-refractivity contribution is 7.07. The maximum Gasteiger partial charge on any atom is 0.338 e. The molecule has 1 aliphatic heterocycles. The molecule has 1 aromatic heterocycles. The van der Waals surface area contributed by atoms with Crippen molar-refractivity contribution < 1.29 is 14.3 Å². The highest BCUT2D eigenvalue weighted by Crippen LogP contribution is 2.31. The molecule has 164 valence electrons. The van der Waals surface area contributed by atoms with Gasteiger partial charge in [0.05, 0.1) is 36.1 Å². The minimum absolute atomic E-state index is 0.283. The molecule has 0 amide bonds. The molecule has 2 aromatic carbocycles. The number of carbonyl (C=O) groups excluding carboxylic acids is 1. The van der Waals surface area contributed by atoms with E-state index in [1.54, 1.807) is 50.4 Å². The van der Waals surface area contributed by atoms with E-state index < -0.39 is 12.0 Å². The molecule has 0 saturated heterocycles. The van der Waals surface area contributed by atoms with Gasteiger partial charge in [-0.2, -0.15) is 0 Å². The quantitative estimate of drug-likeness (QED) is 0.524. The zero-order valence-corrected chi connectivity index (χ0v) is 19.7. The van der Waals surface area contributed by atoms with Crippen molar-refractivity contribution in [1.82, 2.24) is 4.57 Å².